The summed E-state index contributed by atoms with van der Waals surface area (Å²) in [6.45, 7) is 5.11. The average molecular weight is 307 g/mol. The Morgan fingerprint density at radius 2 is 2.00 bits per heavy atom. The van der Waals surface area contributed by atoms with Crippen LogP contribution in [-0.4, -0.2) is 18.2 Å². The van der Waals surface area contributed by atoms with E-state index in [9.17, 15) is 0 Å². The van der Waals surface area contributed by atoms with Crippen molar-refractivity contribution in [3.05, 3.63) is 40.3 Å². The van der Waals surface area contributed by atoms with E-state index in [1.54, 1.807) is 17.5 Å². The Balaban J connectivity index is 2.22. The van der Waals surface area contributed by atoms with Crippen molar-refractivity contribution >= 4 is 11.3 Å². The molecular formula is C15H21N3O2S. The largest absolute Gasteiger partial charge is 0.490 e. The standard InChI is InChI=1S/C15H21N3O2S/c1-3-19-13-6-5-11(9-14(13)20-4-2)12(18-16)10-15-17-7-8-21-15/h5-9,12,18H,3-4,10,16H2,1-2H3. The third-order valence-electron chi connectivity index (χ3n) is 3.03. The molecule has 0 aliphatic rings. The number of ether oxygens (including phenoxy) is 2. The maximum Gasteiger partial charge on any atom is 0.161 e. The van der Waals surface area contributed by atoms with Crippen molar-refractivity contribution in [1.29, 1.82) is 0 Å². The minimum Gasteiger partial charge on any atom is -0.490 e. The number of benzene rings is 1. The van der Waals surface area contributed by atoms with Crippen LogP contribution in [0.2, 0.25) is 0 Å². The quantitative estimate of drug-likeness (QED) is 0.579. The maximum absolute atomic E-state index is 5.70. The molecule has 0 aliphatic carbocycles. The van der Waals surface area contributed by atoms with E-state index in [1.165, 1.54) is 0 Å². The van der Waals surface area contributed by atoms with E-state index in [4.69, 9.17) is 15.3 Å². The van der Waals surface area contributed by atoms with Crippen LogP contribution in [-0.2, 0) is 6.42 Å². The van der Waals surface area contributed by atoms with E-state index < -0.39 is 0 Å². The fraction of sp³-hybridized carbons (Fsp3) is 0.400. The lowest BCUT2D eigenvalue weighted by Crippen LogP contribution is -2.29. The van der Waals surface area contributed by atoms with Crippen LogP contribution < -0.4 is 20.7 Å². The Bertz CT molecular complexity index is 546. The third kappa shape index (κ3) is 4.17. The predicted molar refractivity (Wildman–Crippen MR) is 84.7 cm³/mol. The second-order valence-electron chi connectivity index (χ2n) is 4.42. The second kappa shape index (κ2) is 7.97. The molecule has 1 heterocycles. The molecule has 21 heavy (non-hydrogen) atoms. The molecule has 0 spiro atoms. The van der Waals surface area contributed by atoms with Gasteiger partial charge < -0.3 is 9.47 Å². The Kier molecular flexibility index (Phi) is 5.98. The zero-order valence-corrected chi connectivity index (χ0v) is 13.2. The number of nitrogens with two attached hydrogens (primary N) is 1. The van der Waals surface area contributed by atoms with Crippen LogP contribution in [0.1, 0.15) is 30.5 Å². The molecule has 0 aliphatic heterocycles. The Hall–Kier alpha value is -1.63. The van der Waals surface area contributed by atoms with Gasteiger partial charge in [-0.15, -0.1) is 11.3 Å². The van der Waals surface area contributed by atoms with Gasteiger partial charge in [-0.2, -0.15) is 0 Å². The molecule has 114 valence electrons. The summed E-state index contributed by atoms with van der Waals surface area (Å²) in [5.74, 6) is 7.20. The number of hydrogen-bond acceptors (Lipinski definition) is 6. The molecule has 0 amide bonds. The molecule has 0 saturated carbocycles. The predicted octanol–water partition coefficient (Wildman–Crippen LogP) is 2.69. The lowest BCUT2D eigenvalue weighted by atomic mass is 10.0. The van der Waals surface area contributed by atoms with Gasteiger partial charge in [0.25, 0.3) is 0 Å². The first-order valence-electron chi connectivity index (χ1n) is 7.02. The minimum absolute atomic E-state index is 0.00830. The number of hydrogen-bond donors (Lipinski definition) is 2. The molecule has 1 aromatic heterocycles. The van der Waals surface area contributed by atoms with Crippen LogP contribution in [0.5, 0.6) is 11.5 Å². The molecule has 1 atom stereocenters. The van der Waals surface area contributed by atoms with E-state index in [0.717, 1.165) is 28.5 Å². The molecule has 2 rings (SSSR count). The number of nitrogens with zero attached hydrogens (tertiary/aromatic N) is 1. The van der Waals surface area contributed by atoms with Crippen molar-refractivity contribution in [2.45, 2.75) is 26.3 Å². The smallest absolute Gasteiger partial charge is 0.161 e. The highest BCUT2D eigenvalue weighted by Crippen LogP contribution is 2.31. The van der Waals surface area contributed by atoms with Crippen molar-refractivity contribution < 1.29 is 9.47 Å². The van der Waals surface area contributed by atoms with Crippen molar-refractivity contribution in [2.75, 3.05) is 13.2 Å². The fourth-order valence-corrected chi connectivity index (χ4v) is 2.75. The summed E-state index contributed by atoms with van der Waals surface area (Å²) in [5.41, 5.74) is 3.90. The normalized spacial score (nSPS) is 12.1. The van der Waals surface area contributed by atoms with Gasteiger partial charge in [-0.25, -0.2) is 4.98 Å². The fourth-order valence-electron chi connectivity index (χ4n) is 2.09. The lowest BCUT2D eigenvalue weighted by molar-refractivity contribution is 0.287. The van der Waals surface area contributed by atoms with Gasteiger partial charge in [-0.3, -0.25) is 11.3 Å². The number of hydrazine groups is 1. The number of nitrogens with one attached hydrogen (secondary N) is 1. The van der Waals surface area contributed by atoms with Gasteiger partial charge in [-0.05, 0) is 31.5 Å². The van der Waals surface area contributed by atoms with Gasteiger partial charge in [0.05, 0.1) is 24.3 Å². The number of thiazole rings is 1. The highest BCUT2D eigenvalue weighted by molar-refractivity contribution is 7.09. The van der Waals surface area contributed by atoms with Crippen LogP contribution in [0.15, 0.2) is 29.8 Å². The van der Waals surface area contributed by atoms with Gasteiger partial charge >= 0.3 is 0 Å². The molecule has 1 aromatic carbocycles. The summed E-state index contributed by atoms with van der Waals surface area (Å²) < 4.78 is 11.2. The Morgan fingerprint density at radius 3 is 2.62 bits per heavy atom. The van der Waals surface area contributed by atoms with E-state index in [0.29, 0.717) is 13.2 Å². The highest BCUT2D eigenvalue weighted by Gasteiger charge is 2.15. The summed E-state index contributed by atoms with van der Waals surface area (Å²) in [6.07, 6.45) is 2.55. The molecule has 0 radical (unpaired) electrons. The summed E-state index contributed by atoms with van der Waals surface area (Å²) in [6, 6.07) is 5.90. The first kappa shape index (κ1) is 15.8. The molecule has 0 bridgehead atoms. The molecule has 2 aromatic rings. The lowest BCUT2D eigenvalue weighted by Gasteiger charge is -2.18. The van der Waals surface area contributed by atoms with Crippen LogP contribution in [0.25, 0.3) is 0 Å². The molecule has 6 heteroatoms. The number of aromatic nitrogens is 1. The summed E-state index contributed by atoms with van der Waals surface area (Å²) in [5, 5.41) is 3.01. The highest BCUT2D eigenvalue weighted by atomic mass is 32.1. The summed E-state index contributed by atoms with van der Waals surface area (Å²) >= 11 is 1.62. The van der Waals surface area contributed by atoms with E-state index in [-0.39, 0.29) is 6.04 Å². The number of rotatable bonds is 8. The third-order valence-corrected chi connectivity index (χ3v) is 3.84. The first-order valence-corrected chi connectivity index (χ1v) is 7.90. The maximum atomic E-state index is 5.70. The van der Waals surface area contributed by atoms with E-state index in [1.807, 2.05) is 37.4 Å². The second-order valence-corrected chi connectivity index (χ2v) is 5.40. The van der Waals surface area contributed by atoms with Gasteiger partial charge in [-0.1, -0.05) is 6.07 Å². The van der Waals surface area contributed by atoms with Crippen molar-refractivity contribution in [1.82, 2.24) is 10.4 Å². The molecule has 0 saturated heterocycles. The molecular weight excluding hydrogens is 286 g/mol. The van der Waals surface area contributed by atoms with Gasteiger partial charge in [0.15, 0.2) is 11.5 Å². The summed E-state index contributed by atoms with van der Waals surface area (Å²) in [4.78, 5) is 4.30. The van der Waals surface area contributed by atoms with Gasteiger partial charge in [0.1, 0.15) is 0 Å². The molecule has 1 unspecified atom stereocenters. The van der Waals surface area contributed by atoms with E-state index in [2.05, 4.69) is 10.4 Å². The van der Waals surface area contributed by atoms with Crippen molar-refractivity contribution in [2.24, 2.45) is 5.84 Å². The molecule has 5 nitrogen and oxygen atoms in total. The van der Waals surface area contributed by atoms with Crippen molar-refractivity contribution in [3.8, 4) is 11.5 Å². The van der Waals surface area contributed by atoms with Crippen LogP contribution in [0, 0.1) is 0 Å². The molecule has 0 fully saturated rings. The van der Waals surface area contributed by atoms with Crippen LogP contribution >= 0.6 is 11.3 Å². The molecule has 3 N–H and O–H groups in total. The first-order chi connectivity index (χ1) is 10.3. The SMILES string of the molecule is CCOc1ccc(C(Cc2nccs2)NN)cc1OCC. The Labute approximate surface area is 129 Å². The van der Waals surface area contributed by atoms with Crippen LogP contribution in [0.4, 0.5) is 0 Å². The van der Waals surface area contributed by atoms with Crippen LogP contribution in [0.3, 0.4) is 0 Å². The summed E-state index contributed by atoms with van der Waals surface area (Å²) in [7, 11) is 0. The van der Waals surface area contributed by atoms with Gasteiger partial charge in [0.2, 0.25) is 0 Å². The van der Waals surface area contributed by atoms with E-state index >= 15 is 0 Å². The average Bonchev–Trinajstić information content (AvgIpc) is 3.00. The minimum atomic E-state index is -0.00830. The van der Waals surface area contributed by atoms with Crippen molar-refractivity contribution in [3.63, 3.8) is 0 Å². The zero-order chi connectivity index (χ0) is 15.1. The Morgan fingerprint density at radius 1 is 1.24 bits per heavy atom. The topological polar surface area (TPSA) is 69.4 Å². The van der Waals surface area contributed by atoms with Gasteiger partial charge in [0, 0.05) is 18.0 Å². The monoisotopic (exact) mass is 307 g/mol. The zero-order valence-electron chi connectivity index (χ0n) is 12.3.